The predicted octanol–water partition coefficient (Wildman–Crippen LogP) is 3.40. The maximum Gasteiger partial charge on any atom is 0.265 e. The number of fused-ring (bicyclic) bond motifs is 1. The molecule has 1 N–H and O–H groups in total. The summed E-state index contributed by atoms with van der Waals surface area (Å²) in [7, 11) is 0. The van der Waals surface area contributed by atoms with E-state index in [2.05, 4.69) is 10.3 Å². The summed E-state index contributed by atoms with van der Waals surface area (Å²) < 4.78 is 6.81. The Kier molecular flexibility index (Phi) is 4.94. The lowest BCUT2D eigenvalue weighted by Crippen LogP contribution is -2.33. The van der Waals surface area contributed by atoms with Gasteiger partial charge in [0.05, 0.1) is 0 Å². The fraction of sp³-hybridized carbons (Fsp3) is 0.300. The number of nitrogens with one attached hydrogen (secondary N) is 1. The van der Waals surface area contributed by atoms with Crippen LogP contribution in [0.2, 0.25) is 0 Å². The van der Waals surface area contributed by atoms with Crippen molar-refractivity contribution in [3.05, 3.63) is 57.8 Å². The Labute approximate surface area is 156 Å². The van der Waals surface area contributed by atoms with Crippen LogP contribution in [-0.4, -0.2) is 21.2 Å². The number of ketones is 1. The third kappa shape index (κ3) is 3.40. The van der Waals surface area contributed by atoms with Crippen LogP contribution in [0, 0.1) is 13.8 Å². The lowest BCUT2D eigenvalue weighted by atomic mass is 10.1. The van der Waals surface area contributed by atoms with Crippen LogP contribution in [-0.2, 0) is 4.79 Å². The van der Waals surface area contributed by atoms with E-state index in [1.54, 1.807) is 38.1 Å². The van der Waals surface area contributed by atoms with Crippen LogP contribution in [0.25, 0.3) is 11.1 Å². The fourth-order valence-corrected chi connectivity index (χ4v) is 3.02. The Bertz CT molecular complexity index is 1090. The number of furan rings is 1. The number of rotatable bonds is 5. The third-order valence-corrected chi connectivity index (χ3v) is 4.68. The Morgan fingerprint density at radius 1 is 1.30 bits per heavy atom. The number of benzene rings is 1. The molecule has 0 saturated heterocycles. The quantitative estimate of drug-likeness (QED) is 0.698. The molecule has 2 heterocycles. The van der Waals surface area contributed by atoms with Crippen molar-refractivity contribution in [2.75, 3.05) is 5.32 Å². The van der Waals surface area contributed by atoms with Crippen LogP contribution in [0.5, 0.6) is 0 Å². The molecule has 0 radical (unpaired) electrons. The monoisotopic (exact) mass is 367 g/mol. The maximum absolute atomic E-state index is 12.9. The number of Topliss-reactive ketones (excluding diaryl/α,β-unsaturated/α-hetero) is 1. The smallest absolute Gasteiger partial charge is 0.265 e. The van der Waals surface area contributed by atoms with Gasteiger partial charge >= 0.3 is 0 Å². The summed E-state index contributed by atoms with van der Waals surface area (Å²) in [5.74, 6) is 0.194. The Morgan fingerprint density at radius 3 is 2.70 bits per heavy atom. The van der Waals surface area contributed by atoms with Gasteiger partial charge in [-0.05, 0) is 39.3 Å². The van der Waals surface area contributed by atoms with E-state index in [4.69, 9.17) is 4.42 Å². The molecule has 1 amide bonds. The van der Waals surface area contributed by atoms with E-state index in [0.29, 0.717) is 28.8 Å². The molecular weight excluding hydrogens is 346 g/mol. The lowest BCUT2D eigenvalue weighted by Gasteiger charge is -2.17. The van der Waals surface area contributed by atoms with Crippen molar-refractivity contribution in [2.45, 2.75) is 40.2 Å². The second kappa shape index (κ2) is 7.19. The Morgan fingerprint density at radius 2 is 2.04 bits per heavy atom. The van der Waals surface area contributed by atoms with Crippen LogP contribution in [0.15, 0.2) is 39.8 Å². The fourth-order valence-electron chi connectivity index (χ4n) is 3.02. The molecule has 3 aromatic rings. The van der Waals surface area contributed by atoms with Gasteiger partial charge < -0.3 is 9.73 Å². The molecule has 0 saturated carbocycles. The van der Waals surface area contributed by atoms with Crippen molar-refractivity contribution in [2.24, 2.45) is 0 Å². The van der Waals surface area contributed by atoms with E-state index in [0.717, 1.165) is 5.56 Å². The number of hydrogen-bond acceptors (Lipinski definition) is 5. The molecular formula is C20H21N3O4. The van der Waals surface area contributed by atoms with Crippen molar-refractivity contribution in [1.29, 1.82) is 0 Å². The normalized spacial score (nSPS) is 12.1. The van der Waals surface area contributed by atoms with Crippen LogP contribution in [0.1, 0.15) is 48.0 Å². The molecule has 2 aromatic heterocycles. The third-order valence-electron chi connectivity index (χ3n) is 4.68. The molecule has 0 aliphatic rings. The lowest BCUT2D eigenvalue weighted by molar-refractivity contribution is -0.119. The zero-order valence-corrected chi connectivity index (χ0v) is 15.7. The van der Waals surface area contributed by atoms with Crippen molar-refractivity contribution in [3.8, 4) is 0 Å². The molecule has 1 aromatic carbocycles. The average molecular weight is 367 g/mol. The topological polar surface area (TPSA) is 94.2 Å². The first-order valence-electron chi connectivity index (χ1n) is 8.72. The number of aromatic nitrogens is 2. The van der Waals surface area contributed by atoms with Crippen molar-refractivity contribution in [1.82, 2.24) is 9.55 Å². The van der Waals surface area contributed by atoms with E-state index in [1.165, 1.54) is 17.8 Å². The number of carbonyl (C=O) groups excluding carboxylic acids is 2. The molecule has 1 atom stereocenters. The summed E-state index contributed by atoms with van der Waals surface area (Å²) >= 11 is 0. The van der Waals surface area contributed by atoms with Crippen LogP contribution >= 0.6 is 0 Å². The predicted molar refractivity (Wildman–Crippen MR) is 102 cm³/mol. The van der Waals surface area contributed by atoms with Crippen molar-refractivity contribution in [3.63, 3.8) is 0 Å². The summed E-state index contributed by atoms with van der Waals surface area (Å²) in [6, 6.07) is 5.96. The van der Waals surface area contributed by atoms with Crippen molar-refractivity contribution < 1.29 is 14.0 Å². The summed E-state index contributed by atoms with van der Waals surface area (Å²) in [4.78, 5) is 41.4. The number of amides is 1. The highest BCUT2D eigenvalue weighted by molar-refractivity contribution is 5.98. The number of carbonyl (C=O) groups is 2. The van der Waals surface area contributed by atoms with Gasteiger partial charge in [0, 0.05) is 16.8 Å². The zero-order valence-electron chi connectivity index (χ0n) is 15.7. The van der Waals surface area contributed by atoms with Gasteiger partial charge in [0.2, 0.25) is 11.6 Å². The first-order chi connectivity index (χ1) is 12.8. The van der Waals surface area contributed by atoms with Crippen LogP contribution in [0.4, 0.5) is 5.69 Å². The van der Waals surface area contributed by atoms with E-state index in [9.17, 15) is 14.4 Å². The standard InChI is InChI=1S/C20H21N3O4/c1-5-16(18(25)22-15-8-6-7-14(9-15)12(3)24)23-10-21-19-17(20(23)26)11(2)13(4)27-19/h6-10,16H,5H2,1-4H3,(H,22,25)/t16-/m0/s1. The van der Waals surface area contributed by atoms with Gasteiger partial charge in [-0.25, -0.2) is 4.98 Å². The van der Waals surface area contributed by atoms with E-state index >= 15 is 0 Å². The second-order valence-electron chi connectivity index (χ2n) is 6.47. The highest BCUT2D eigenvalue weighted by Gasteiger charge is 2.23. The summed E-state index contributed by atoms with van der Waals surface area (Å²) in [5, 5.41) is 3.17. The molecule has 0 bridgehead atoms. The Balaban J connectivity index is 1.96. The number of nitrogens with zero attached hydrogens (tertiary/aromatic N) is 2. The van der Waals surface area contributed by atoms with Gasteiger partial charge in [-0.15, -0.1) is 0 Å². The number of hydrogen-bond donors (Lipinski definition) is 1. The zero-order chi connectivity index (χ0) is 19.7. The Hall–Kier alpha value is -3.22. The van der Waals surface area contributed by atoms with Gasteiger partial charge in [0.1, 0.15) is 23.5 Å². The molecule has 7 heteroatoms. The van der Waals surface area contributed by atoms with E-state index in [-0.39, 0.29) is 23.0 Å². The summed E-state index contributed by atoms with van der Waals surface area (Å²) in [6.07, 6.45) is 1.74. The SMILES string of the molecule is CC[C@@H](C(=O)Nc1cccc(C(C)=O)c1)n1cnc2oc(C)c(C)c2c1=O. The minimum absolute atomic E-state index is 0.0881. The first-order valence-corrected chi connectivity index (χ1v) is 8.72. The molecule has 140 valence electrons. The maximum atomic E-state index is 12.9. The molecule has 3 rings (SSSR count). The van der Waals surface area contributed by atoms with Crippen LogP contribution < -0.4 is 10.9 Å². The van der Waals surface area contributed by atoms with Gasteiger partial charge in [-0.3, -0.25) is 19.0 Å². The van der Waals surface area contributed by atoms with Gasteiger partial charge in [0.25, 0.3) is 5.56 Å². The summed E-state index contributed by atoms with van der Waals surface area (Å²) in [5.41, 5.74) is 1.69. The number of anilines is 1. The van der Waals surface area contributed by atoms with Gasteiger partial charge in [0.15, 0.2) is 5.78 Å². The molecule has 27 heavy (non-hydrogen) atoms. The van der Waals surface area contributed by atoms with Crippen molar-refractivity contribution >= 4 is 28.5 Å². The second-order valence-corrected chi connectivity index (χ2v) is 6.47. The molecule has 0 unspecified atom stereocenters. The molecule has 0 aliphatic heterocycles. The minimum Gasteiger partial charge on any atom is -0.443 e. The highest BCUT2D eigenvalue weighted by atomic mass is 16.3. The molecule has 0 aliphatic carbocycles. The highest BCUT2D eigenvalue weighted by Crippen LogP contribution is 2.21. The van der Waals surface area contributed by atoms with Gasteiger partial charge in [-0.2, -0.15) is 0 Å². The first kappa shape index (κ1) is 18.6. The largest absolute Gasteiger partial charge is 0.443 e. The molecule has 0 spiro atoms. The number of aryl methyl sites for hydroxylation is 2. The average Bonchev–Trinajstić information content (AvgIpc) is 2.92. The van der Waals surface area contributed by atoms with Gasteiger partial charge in [-0.1, -0.05) is 19.1 Å². The van der Waals surface area contributed by atoms with E-state index in [1.807, 2.05) is 6.92 Å². The van der Waals surface area contributed by atoms with Crippen LogP contribution in [0.3, 0.4) is 0 Å². The summed E-state index contributed by atoms with van der Waals surface area (Å²) in [6.45, 7) is 6.85. The molecule has 7 nitrogen and oxygen atoms in total. The minimum atomic E-state index is -0.731. The van der Waals surface area contributed by atoms with E-state index < -0.39 is 6.04 Å². The molecule has 0 fully saturated rings.